The number of hydrogen-bond acceptors (Lipinski definition) is 6. The lowest BCUT2D eigenvalue weighted by atomic mass is 10.2. The van der Waals surface area contributed by atoms with Crippen molar-refractivity contribution in [2.24, 2.45) is 0 Å². The number of carbonyl (C=O) groups is 1. The maximum atomic E-state index is 12.4. The highest BCUT2D eigenvalue weighted by molar-refractivity contribution is 7.13. The molecule has 6 nitrogen and oxygen atoms in total. The number of aryl methyl sites for hydroxylation is 1. The van der Waals surface area contributed by atoms with Crippen LogP contribution in [0.4, 0.5) is 0 Å². The molecule has 0 aliphatic carbocycles. The van der Waals surface area contributed by atoms with Gasteiger partial charge < -0.3 is 13.6 Å². The average molecular weight is 363 g/mol. The first kappa shape index (κ1) is 16.1. The molecule has 0 unspecified atom stereocenters. The van der Waals surface area contributed by atoms with Crippen LogP contribution in [0.15, 0.2) is 52.5 Å². The van der Waals surface area contributed by atoms with Gasteiger partial charge in [0.05, 0.1) is 16.0 Å². The summed E-state index contributed by atoms with van der Waals surface area (Å²) in [4.78, 5) is 17.5. The molecule has 0 aliphatic rings. The monoisotopic (exact) mass is 363 g/mol. The minimum atomic E-state index is -0.576. The molecule has 0 bridgehead atoms. The predicted octanol–water partition coefficient (Wildman–Crippen LogP) is 4.19. The molecule has 0 spiro atoms. The first-order chi connectivity index (χ1) is 12.7. The maximum Gasteiger partial charge on any atom is 0.360 e. The molecule has 0 radical (unpaired) electrons. The Morgan fingerprint density at radius 1 is 1.38 bits per heavy atom. The van der Waals surface area contributed by atoms with Gasteiger partial charge in [-0.2, -0.15) is 5.26 Å². The molecular weight excluding hydrogens is 350 g/mol. The second-order valence-corrected chi connectivity index (χ2v) is 6.56. The van der Waals surface area contributed by atoms with Gasteiger partial charge in [-0.25, -0.2) is 9.78 Å². The van der Waals surface area contributed by atoms with E-state index in [0.29, 0.717) is 22.8 Å². The zero-order chi connectivity index (χ0) is 18.1. The quantitative estimate of drug-likeness (QED) is 0.508. The molecule has 7 heteroatoms. The lowest BCUT2D eigenvalue weighted by Gasteiger charge is -2.01. The zero-order valence-electron chi connectivity index (χ0n) is 13.8. The number of oxazole rings is 1. The van der Waals surface area contributed by atoms with Gasteiger partial charge in [-0.15, -0.1) is 11.3 Å². The summed E-state index contributed by atoms with van der Waals surface area (Å²) >= 11 is 1.48. The van der Waals surface area contributed by atoms with Crippen molar-refractivity contribution in [1.29, 1.82) is 5.26 Å². The third kappa shape index (κ3) is 2.76. The number of ether oxygens (including phenoxy) is 1. The van der Waals surface area contributed by atoms with Crippen molar-refractivity contribution in [2.45, 2.75) is 13.5 Å². The number of nitrogens with zero attached hydrogens (tertiary/aromatic N) is 3. The molecule has 0 amide bonds. The van der Waals surface area contributed by atoms with Gasteiger partial charge in [0, 0.05) is 18.0 Å². The predicted molar refractivity (Wildman–Crippen MR) is 95.8 cm³/mol. The molecule has 0 fully saturated rings. The molecule has 0 aliphatic heterocycles. The lowest BCUT2D eigenvalue weighted by molar-refractivity contribution is 0.0464. The van der Waals surface area contributed by atoms with Crippen molar-refractivity contribution >= 4 is 22.8 Å². The molecule has 0 aromatic carbocycles. The van der Waals surface area contributed by atoms with E-state index in [4.69, 9.17) is 9.15 Å². The van der Waals surface area contributed by atoms with E-state index in [1.807, 2.05) is 46.3 Å². The Morgan fingerprint density at radius 3 is 3.04 bits per heavy atom. The number of nitriles is 1. The second-order valence-electron chi connectivity index (χ2n) is 5.61. The highest BCUT2D eigenvalue weighted by atomic mass is 32.1. The fraction of sp³-hybridized carbons (Fsp3) is 0.105. The Morgan fingerprint density at radius 2 is 2.27 bits per heavy atom. The maximum absolute atomic E-state index is 12.4. The van der Waals surface area contributed by atoms with Crippen LogP contribution < -0.4 is 0 Å². The number of thiophene rings is 1. The van der Waals surface area contributed by atoms with Crippen LogP contribution in [0.5, 0.6) is 0 Å². The van der Waals surface area contributed by atoms with E-state index in [2.05, 4.69) is 11.1 Å². The molecule has 0 saturated carbocycles. The number of hydrogen-bond donors (Lipinski definition) is 0. The van der Waals surface area contributed by atoms with E-state index < -0.39 is 5.97 Å². The molecule has 4 rings (SSSR count). The minimum Gasteiger partial charge on any atom is -0.456 e. The second kappa shape index (κ2) is 6.50. The van der Waals surface area contributed by atoms with Gasteiger partial charge in [0.15, 0.2) is 5.69 Å². The van der Waals surface area contributed by atoms with Crippen molar-refractivity contribution in [3.05, 3.63) is 70.7 Å². The molecule has 0 atom stereocenters. The minimum absolute atomic E-state index is 0.00988. The summed E-state index contributed by atoms with van der Waals surface area (Å²) in [5.41, 5.74) is 2.07. The van der Waals surface area contributed by atoms with Crippen molar-refractivity contribution in [1.82, 2.24) is 9.38 Å². The normalized spacial score (nSPS) is 10.8. The number of esters is 1. The van der Waals surface area contributed by atoms with Crippen LogP contribution in [-0.4, -0.2) is 15.4 Å². The van der Waals surface area contributed by atoms with Crippen LogP contribution in [0.2, 0.25) is 0 Å². The standard InChI is InChI=1S/C19H13N3O3S/c1-12-17(21-18(25-12)16-6-4-8-26-16)19(23)24-11-13-10-22-7-3-2-5-15(22)14(13)9-20/h2-8,10H,11H2,1H3. The Balaban J connectivity index is 1.56. The number of rotatable bonds is 4. The largest absolute Gasteiger partial charge is 0.456 e. The van der Waals surface area contributed by atoms with E-state index >= 15 is 0 Å². The van der Waals surface area contributed by atoms with E-state index in [-0.39, 0.29) is 12.3 Å². The van der Waals surface area contributed by atoms with Crippen LogP contribution in [0, 0.1) is 18.3 Å². The highest BCUT2D eigenvalue weighted by Crippen LogP contribution is 2.26. The molecular formula is C19H13N3O3S. The summed E-state index contributed by atoms with van der Waals surface area (Å²) in [7, 11) is 0. The summed E-state index contributed by atoms with van der Waals surface area (Å²) in [5.74, 6) is 0.228. The third-order valence-corrected chi connectivity index (χ3v) is 4.81. The SMILES string of the molecule is Cc1oc(-c2cccs2)nc1C(=O)OCc1cn2ccccc2c1C#N. The zero-order valence-corrected chi connectivity index (χ0v) is 14.6. The van der Waals surface area contributed by atoms with Gasteiger partial charge in [0.25, 0.3) is 0 Å². The van der Waals surface area contributed by atoms with E-state index in [0.717, 1.165) is 10.4 Å². The van der Waals surface area contributed by atoms with Gasteiger partial charge in [-0.1, -0.05) is 12.1 Å². The molecule has 4 aromatic rings. The lowest BCUT2D eigenvalue weighted by Crippen LogP contribution is -2.07. The molecule has 26 heavy (non-hydrogen) atoms. The Labute approximate surface area is 152 Å². The summed E-state index contributed by atoms with van der Waals surface area (Å²) in [5, 5.41) is 11.3. The summed E-state index contributed by atoms with van der Waals surface area (Å²) in [6.07, 6.45) is 3.63. The number of pyridine rings is 1. The molecule has 128 valence electrons. The molecule has 0 saturated heterocycles. The van der Waals surface area contributed by atoms with Gasteiger partial charge in [0.1, 0.15) is 18.4 Å². The van der Waals surface area contributed by atoms with Crippen LogP contribution in [0.3, 0.4) is 0 Å². The number of fused-ring (bicyclic) bond motifs is 1. The Hall–Kier alpha value is -3.37. The molecule has 4 heterocycles. The fourth-order valence-corrected chi connectivity index (χ4v) is 3.37. The summed E-state index contributed by atoms with van der Waals surface area (Å²) in [6.45, 7) is 1.66. The first-order valence-electron chi connectivity index (χ1n) is 7.84. The summed E-state index contributed by atoms with van der Waals surface area (Å²) in [6, 6.07) is 11.5. The van der Waals surface area contributed by atoms with Crippen molar-refractivity contribution in [3.8, 4) is 16.8 Å². The van der Waals surface area contributed by atoms with E-state index in [1.165, 1.54) is 11.3 Å². The van der Waals surface area contributed by atoms with Gasteiger partial charge >= 0.3 is 5.97 Å². The van der Waals surface area contributed by atoms with Crippen LogP contribution in [0.1, 0.15) is 27.4 Å². The Bertz CT molecular complexity index is 1130. The van der Waals surface area contributed by atoms with Gasteiger partial charge in [0.2, 0.25) is 5.89 Å². The fourth-order valence-electron chi connectivity index (χ4n) is 2.72. The third-order valence-electron chi connectivity index (χ3n) is 3.95. The topological polar surface area (TPSA) is 80.5 Å². The van der Waals surface area contributed by atoms with Gasteiger partial charge in [-0.3, -0.25) is 0 Å². The van der Waals surface area contributed by atoms with Crippen LogP contribution in [-0.2, 0) is 11.3 Å². The van der Waals surface area contributed by atoms with Crippen molar-refractivity contribution in [3.63, 3.8) is 0 Å². The Kier molecular flexibility index (Phi) is 4.03. The number of carbonyl (C=O) groups excluding carboxylic acids is 1. The average Bonchev–Trinajstić information content (AvgIpc) is 3.37. The van der Waals surface area contributed by atoms with Crippen LogP contribution in [0.25, 0.3) is 16.3 Å². The van der Waals surface area contributed by atoms with E-state index in [1.54, 1.807) is 13.1 Å². The van der Waals surface area contributed by atoms with E-state index in [9.17, 15) is 10.1 Å². The van der Waals surface area contributed by atoms with Crippen LogP contribution >= 0.6 is 11.3 Å². The number of aromatic nitrogens is 2. The summed E-state index contributed by atoms with van der Waals surface area (Å²) < 4.78 is 12.8. The van der Waals surface area contributed by atoms with Crippen molar-refractivity contribution < 1.29 is 13.9 Å². The molecule has 0 N–H and O–H groups in total. The van der Waals surface area contributed by atoms with Gasteiger partial charge in [-0.05, 0) is 30.5 Å². The highest BCUT2D eigenvalue weighted by Gasteiger charge is 2.21. The molecule has 4 aromatic heterocycles. The van der Waals surface area contributed by atoms with Crippen molar-refractivity contribution in [2.75, 3.05) is 0 Å². The smallest absolute Gasteiger partial charge is 0.360 e. The first-order valence-corrected chi connectivity index (χ1v) is 8.72.